The van der Waals surface area contributed by atoms with E-state index in [2.05, 4.69) is 37.5 Å². The van der Waals surface area contributed by atoms with E-state index < -0.39 is 0 Å². The lowest BCUT2D eigenvalue weighted by Gasteiger charge is -2.32. The van der Waals surface area contributed by atoms with Gasteiger partial charge in [0.25, 0.3) is 0 Å². The summed E-state index contributed by atoms with van der Waals surface area (Å²) < 4.78 is 0. The van der Waals surface area contributed by atoms with Gasteiger partial charge in [0.2, 0.25) is 0 Å². The van der Waals surface area contributed by atoms with Crippen molar-refractivity contribution in [2.24, 2.45) is 5.92 Å². The molecule has 0 saturated carbocycles. The summed E-state index contributed by atoms with van der Waals surface area (Å²) in [6.45, 7) is 4.88. The van der Waals surface area contributed by atoms with Crippen LogP contribution in [0.1, 0.15) is 30.5 Å². The largest absolute Gasteiger partial charge is 0.396 e. The normalized spacial score (nSPS) is 18.2. The fourth-order valence-corrected chi connectivity index (χ4v) is 3.56. The van der Waals surface area contributed by atoms with Crippen LogP contribution in [-0.4, -0.2) is 39.8 Å². The molecule has 3 heterocycles. The molecule has 7 heteroatoms. The third kappa shape index (κ3) is 4.17. The van der Waals surface area contributed by atoms with Gasteiger partial charge in [-0.15, -0.1) is 11.3 Å². The molecule has 3 rings (SSSR count). The molecule has 1 aliphatic heterocycles. The van der Waals surface area contributed by atoms with E-state index in [1.165, 1.54) is 0 Å². The predicted octanol–water partition coefficient (Wildman–Crippen LogP) is 2.32. The smallest absolute Gasteiger partial charge is 0.134 e. The second kappa shape index (κ2) is 7.70. The van der Waals surface area contributed by atoms with Crippen molar-refractivity contribution < 1.29 is 5.11 Å². The highest BCUT2D eigenvalue weighted by Gasteiger charge is 2.20. The average molecular weight is 333 g/mol. The van der Waals surface area contributed by atoms with Crippen LogP contribution in [0.15, 0.2) is 17.8 Å². The molecule has 0 radical (unpaired) electrons. The van der Waals surface area contributed by atoms with Gasteiger partial charge >= 0.3 is 0 Å². The molecule has 2 aromatic heterocycles. The molecule has 0 amide bonds. The number of aryl methyl sites for hydroxylation is 1. The first-order valence-electron chi connectivity index (χ1n) is 8.13. The number of thiazole rings is 1. The molecule has 0 spiro atoms. The Bertz CT molecular complexity index is 632. The highest BCUT2D eigenvalue weighted by molar-refractivity contribution is 7.09. The third-order valence-electron chi connectivity index (χ3n) is 4.11. The van der Waals surface area contributed by atoms with Gasteiger partial charge in [-0.2, -0.15) is 0 Å². The highest BCUT2D eigenvalue weighted by Crippen LogP contribution is 2.22. The number of aliphatic hydroxyl groups is 1. The zero-order chi connectivity index (χ0) is 16.1. The standard InChI is InChI=1S/C16H23N5OS/c1-2-16-20-13(10-23-16)7-17-14-6-15(19-11-18-14)21-5-3-4-12(8-21)9-22/h6,10-12,22H,2-5,7-9H2,1H3,(H,17,18,19)/t12-/m1/s1. The minimum Gasteiger partial charge on any atom is -0.396 e. The number of hydrogen-bond acceptors (Lipinski definition) is 7. The van der Waals surface area contributed by atoms with Crippen molar-refractivity contribution >= 4 is 23.0 Å². The van der Waals surface area contributed by atoms with Crippen LogP contribution in [0.4, 0.5) is 11.6 Å². The van der Waals surface area contributed by atoms with Crippen LogP contribution < -0.4 is 10.2 Å². The molecule has 2 N–H and O–H groups in total. The summed E-state index contributed by atoms with van der Waals surface area (Å²) in [7, 11) is 0. The van der Waals surface area contributed by atoms with E-state index in [1.807, 2.05) is 6.07 Å². The van der Waals surface area contributed by atoms with Gasteiger partial charge < -0.3 is 15.3 Å². The summed E-state index contributed by atoms with van der Waals surface area (Å²) >= 11 is 1.70. The van der Waals surface area contributed by atoms with E-state index in [4.69, 9.17) is 0 Å². The monoisotopic (exact) mass is 333 g/mol. The van der Waals surface area contributed by atoms with Gasteiger partial charge in [-0.25, -0.2) is 15.0 Å². The summed E-state index contributed by atoms with van der Waals surface area (Å²) in [5.41, 5.74) is 1.05. The first-order chi connectivity index (χ1) is 11.3. The molecule has 0 bridgehead atoms. The summed E-state index contributed by atoms with van der Waals surface area (Å²) in [5, 5.41) is 15.9. The molecule has 0 unspecified atom stereocenters. The van der Waals surface area contributed by atoms with Crippen LogP contribution in [0.5, 0.6) is 0 Å². The Morgan fingerprint density at radius 3 is 3.13 bits per heavy atom. The maximum Gasteiger partial charge on any atom is 0.134 e. The SMILES string of the molecule is CCc1nc(CNc2cc(N3CCC[C@@H](CO)C3)ncn2)cs1. The van der Waals surface area contributed by atoms with Crippen molar-refractivity contribution in [1.82, 2.24) is 15.0 Å². The summed E-state index contributed by atoms with van der Waals surface area (Å²) in [5.74, 6) is 2.08. The van der Waals surface area contributed by atoms with Crippen molar-refractivity contribution in [1.29, 1.82) is 0 Å². The molecule has 23 heavy (non-hydrogen) atoms. The van der Waals surface area contributed by atoms with Crippen LogP contribution in [0, 0.1) is 5.92 Å². The lowest BCUT2D eigenvalue weighted by Crippen LogP contribution is -2.37. The van der Waals surface area contributed by atoms with Gasteiger partial charge in [0, 0.05) is 31.1 Å². The fourth-order valence-electron chi connectivity index (χ4n) is 2.81. The molecule has 0 aromatic carbocycles. The van der Waals surface area contributed by atoms with Gasteiger partial charge in [-0.05, 0) is 25.2 Å². The Labute approximate surface area is 140 Å². The van der Waals surface area contributed by atoms with Crippen molar-refractivity contribution in [3.8, 4) is 0 Å². The maximum atomic E-state index is 9.37. The van der Waals surface area contributed by atoms with E-state index in [9.17, 15) is 5.11 Å². The summed E-state index contributed by atoms with van der Waals surface area (Å²) in [4.78, 5) is 15.5. The zero-order valence-corrected chi connectivity index (χ0v) is 14.2. The lowest BCUT2D eigenvalue weighted by atomic mass is 9.99. The maximum absolute atomic E-state index is 9.37. The van der Waals surface area contributed by atoms with Crippen molar-refractivity contribution in [2.75, 3.05) is 29.9 Å². The lowest BCUT2D eigenvalue weighted by molar-refractivity contribution is 0.208. The molecule has 6 nitrogen and oxygen atoms in total. The predicted molar refractivity (Wildman–Crippen MR) is 92.9 cm³/mol. The van der Waals surface area contributed by atoms with Gasteiger partial charge in [0.1, 0.15) is 18.0 Å². The van der Waals surface area contributed by atoms with Crippen LogP contribution in [-0.2, 0) is 13.0 Å². The van der Waals surface area contributed by atoms with E-state index >= 15 is 0 Å². The number of aliphatic hydroxyl groups excluding tert-OH is 1. The molecule has 0 aliphatic carbocycles. The number of nitrogens with zero attached hydrogens (tertiary/aromatic N) is 4. The quantitative estimate of drug-likeness (QED) is 0.845. The Kier molecular flexibility index (Phi) is 5.40. The minimum absolute atomic E-state index is 0.246. The molecular formula is C16H23N5OS. The Hall–Kier alpha value is -1.73. The first-order valence-corrected chi connectivity index (χ1v) is 9.01. The topological polar surface area (TPSA) is 74.2 Å². The van der Waals surface area contributed by atoms with Crippen LogP contribution in [0.3, 0.4) is 0 Å². The molecule has 1 aliphatic rings. The molecular weight excluding hydrogens is 310 g/mol. The summed E-state index contributed by atoms with van der Waals surface area (Å²) in [6.07, 6.45) is 4.76. The van der Waals surface area contributed by atoms with Crippen molar-refractivity contribution in [3.63, 3.8) is 0 Å². The zero-order valence-electron chi connectivity index (χ0n) is 13.4. The number of piperidine rings is 1. The van der Waals surface area contributed by atoms with E-state index in [1.54, 1.807) is 17.7 Å². The molecule has 124 valence electrons. The average Bonchev–Trinajstić information content (AvgIpc) is 3.08. The molecule has 2 aromatic rings. The Morgan fingerprint density at radius 2 is 2.35 bits per heavy atom. The second-order valence-corrected chi connectivity index (χ2v) is 6.78. The van der Waals surface area contributed by atoms with Gasteiger partial charge in [-0.3, -0.25) is 0 Å². The van der Waals surface area contributed by atoms with Gasteiger partial charge in [-0.1, -0.05) is 6.92 Å². The first kappa shape index (κ1) is 16.1. The van der Waals surface area contributed by atoms with Crippen LogP contribution >= 0.6 is 11.3 Å². The van der Waals surface area contributed by atoms with Crippen LogP contribution in [0.25, 0.3) is 0 Å². The number of rotatable bonds is 6. The molecule has 1 atom stereocenters. The van der Waals surface area contributed by atoms with Gasteiger partial charge in [0.15, 0.2) is 0 Å². The number of hydrogen-bond donors (Lipinski definition) is 2. The number of nitrogens with one attached hydrogen (secondary N) is 1. The number of anilines is 2. The number of aromatic nitrogens is 3. The van der Waals surface area contributed by atoms with E-state index in [0.29, 0.717) is 12.5 Å². The molecule has 1 saturated heterocycles. The van der Waals surface area contributed by atoms with Crippen LogP contribution in [0.2, 0.25) is 0 Å². The molecule has 1 fully saturated rings. The highest BCUT2D eigenvalue weighted by atomic mass is 32.1. The summed E-state index contributed by atoms with van der Waals surface area (Å²) in [6, 6.07) is 1.98. The Morgan fingerprint density at radius 1 is 1.43 bits per heavy atom. The fraction of sp³-hybridized carbons (Fsp3) is 0.562. The van der Waals surface area contributed by atoms with Crippen molar-refractivity contribution in [2.45, 2.75) is 32.7 Å². The third-order valence-corrected chi connectivity index (χ3v) is 5.15. The van der Waals surface area contributed by atoms with E-state index in [-0.39, 0.29) is 6.61 Å². The second-order valence-electron chi connectivity index (χ2n) is 5.84. The Balaban J connectivity index is 1.62. The van der Waals surface area contributed by atoms with E-state index in [0.717, 1.165) is 54.7 Å². The minimum atomic E-state index is 0.246. The van der Waals surface area contributed by atoms with Crippen molar-refractivity contribution in [3.05, 3.63) is 28.5 Å². The van der Waals surface area contributed by atoms with Gasteiger partial charge in [0.05, 0.1) is 17.2 Å².